The first-order valence-electron chi connectivity index (χ1n) is 7.75. The average Bonchev–Trinajstić information content (AvgIpc) is 2.52. The SMILES string of the molecule is COc1ccc(C2CNCCN2C(=O)OC(C)(C)C)cc1[N+](=O)[O-]. The molecule has 1 aliphatic heterocycles. The van der Waals surface area contributed by atoms with E-state index in [2.05, 4.69) is 5.32 Å². The molecule has 1 N–H and O–H groups in total. The number of ether oxygens (including phenoxy) is 2. The Morgan fingerprint density at radius 2 is 2.12 bits per heavy atom. The minimum atomic E-state index is -0.599. The number of nitrogens with zero attached hydrogens (tertiary/aromatic N) is 2. The van der Waals surface area contributed by atoms with Gasteiger partial charge in [-0.05, 0) is 32.4 Å². The second kappa shape index (κ2) is 7.04. The molecule has 8 heteroatoms. The van der Waals surface area contributed by atoms with Gasteiger partial charge in [-0.1, -0.05) is 6.07 Å². The summed E-state index contributed by atoms with van der Waals surface area (Å²) in [6.07, 6.45) is -0.424. The van der Waals surface area contributed by atoms with Gasteiger partial charge >= 0.3 is 11.8 Å². The van der Waals surface area contributed by atoms with Gasteiger partial charge in [0.25, 0.3) is 0 Å². The summed E-state index contributed by atoms with van der Waals surface area (Å²) in [7, 11) is 1.39. The predicted molar refractivity (Wildman–Crippen MR) is 88.2 cm³/mol. The van der Waals surface area contributed by atoms with E-state index in [0.29, 0.717) is 25.2 Å². The van der Waals surface area contributed by atoms with Gasteiger partial charge in [-0.3, -0.25) is 15.0 Å². The highest BCUT2D eigenvalue weighted by molar-refractivity contribution is 5.69. The molecule has 1 amide bonds. The highest BCUT2D eigenvalue weighted by Crippen LogP contribution is 2.32. The van der Waals surface area contributed by atoms with Crippen molar-refractivity contribution in [3.63, 3.8) is 0 Å². The number of hydrogen-bond acceptors (Lipinski definition) is 6. The maximum absolute atomic E-state index is 12.5. The third-order valence-electron chi connectivity index (χ3n) is 3.66. The number of carbonyl (C=O) groups is 1. The Labute approximate surface area is 140 Å². The Balaban J connectivity index is 2.32. The fourth-order valence-corrected chi connectivity index (χ4v) is 2.60. The van der Waals surface area contributed by atoms with Crippen LogP contribution in [0, 0.1) is 10.1 Å². The van der Waals surface area contributed by atoms with E-state index >= 15 is 0 Å². The molecule has 1 aromatic rings. The van der Waals surface area contributed by atoms with Crippen LogP contribution in [0.3, 0.4) is 0 Å². The van der Waals surface area contributed by atoms with E-state index in [0.717, 1.165) is 0 Å². The van der Waals surface area contributed by atoms with Crippen molar-refractivity contribution >= 4 is 11.8 Å². The van der Waals surface area contributed by atoms with E-state index < -0.39 is 16.6 Å². The Morgan fingerprint density at radius 1 is 1.42 bits per heavy atom. The summed E-state index contributed by atoms with van der Waals surface area (Å²) in [5, 5.41) is 14.4. The van der Waals surface area contributed by atoms with E-state index in [9.17, 15) is 14.9 Å². The number of benzene rings is 1. The van der Waals surface area contributed by atoms with E-state index in [1.165, 1.54) is 13.2 Å². The van der Waals surface area contributed by atoms with Crippen LogP contribution in [0.2, 0.25) is 0 Å². The molecule has 0 aromatic heterocycles. The second-order valence-electron chi connectivity index (χ2n) is 6.58. The quantitative estimate of drug-likeness (QED) is 0.673. The van der Waals surface area contributed by atoms with Crippen LogP contribution in [0.4, 0.5) is 10.5 Å². The van der Waals surface area contributed by atoms with Crippen molar-refractivity contribution in [1.82, 2.24) is 10.2 Å². The number of carbonyl (C=O) groups excluding carboxylic acids is 1. The van der Waals surface area contributed by atoms with Gasteiger partial charge in [-0.2, -0.15) is 0 Å². The highest BCUT2D eigenvalue weighted by Gasteiger charge is 2.32. The molecule has 1 aliphatic rings. The Morgan fingerprint density at radius 3 is 2.71 bits per heavy atom. The van der Waals surface area contributed by atoms with Crippen LogP contribution in [0.1, 0.15) is 32.4 Å². The average molecular weight is 337 g/mol. The molecule has 0 spiro atoms. The van der Waals surface area contributed by atoms with Crippen LogP contribution in [-0.2, 0) is 4.74 Å². The van der Waals surface area contributed by atoms with Crippen LogP contribution in [0.5, 0.6) is 5.75 Å². The lowest BCUT2D eigenvalue weighted by atomic mass is 10.0. The van der Waals surface area contributed by atoms with Gasteiger partial charge in [0.2, 0.25) is 0 Å². The van der Waals surface area contributed by atoms with Crippen LogP contribution >= 0.6 is 0 Å². The molecule has 1 saturated heterocycles. The third kappa shape index (κ3) is 4.14. The van der Waals surface area contributed by atoms with Crippen LogP contribution in [0.25, 0.3) is 0 Å². The molecule has 0 bridgehead atoms. The van der Waals surface area contributed by atoms with Gasteiger partial charge in [0.05, 0.1) is 18.1 Å². The minimum absolute atomic E-state index is 0.121. The molecule has 2 rings (SSSR count). The lowest BCUT2D eigenvalue weighted by Gasteiger charge is -2.37. The summed E-state index contributed by atoms with van der Waals surface area (Å²) in [4.78, 5) is 24.8. The molecule has 8 nitrogen and oxygen atoms in total. The van der Waals surface area contributed by atoms with Gasteiger partial charge in [0, 0.05) is 25.7 Å². The number of hydrogen-bond donors (Lipinski definition) is 1. The number of amides is 1. The zero-order valence-electron chi connectivity index (χ0n) is 14.4. The molecule has 0 radical (unpaired) electrons. The largest absolute Gasteiger partial charge is 0.490 e. The van der Waals surface area contributed by atoms with Gasteiger partial charge in [0.15, 0.2) is 5.75 Å². The highest BCUT2D eigenvalue weighted by atomic mass is 16.6. The Kier molecular flexibility index (Phi) is 5.28. The zero-order chi connectivity index (χ0) is 17.9. The van der Waals surface area contributed by atoms with Crippen molar-refractivity contribution < 1.29 is 19.2 Å². The number of nitro benzene ring substituents is 1. The summed E-state index contributed by atoms with van der Waals surface area (Å²) < 4.78 is 10.5. The Hall–Kier alpha value is -2.35. The molecule has 1 fully saturated rings. The maximum atomic E-state index is 12.5. The predicted octanol–water partition coefficient (Wildman–Crippen LogP) is 2.48. The smallest absolute Gasteiger partial charge is 0.410 e. The number of nitro groups is 1. The summed E-state index contributed by atoms with van der Waals surface area (Å²) in [5.41, 5.74) is -0.0522. The molecule has 0 saturated carbocycles. The fraction of sp³-hybridized carbons (Fsp3) is 0.562. The van der Waals surface area contributed by atoms with E-state index in [-0.39, 0.29) is 17.5 Å². The molecule has 1 unspecified atom stereocenters. The molecule has 1 heterocycles. The van der Waals surface area contributed by atoms with Crippen molar-refractivity contribution in [1.29, 1.82) is 0 Å². The van der Waals surface area contributed by atoms with Crippen molar-refractivity contribution in [2.75, 3.05) is 26.7 Å². The van der Waals surface area contributed by atoms with Crippen LogP contribution < -0.4 is 10.1 Å². The number of rotatable bonds is 3. The van der Waals surface area contributed by atoms with Crippen LogP contribution in [-0.4, -0.2) is 48.3 Å². The molecular weight excluding hydrogens is 314 g/mol. The van der Waals surface area contributed by atoms with Crippen molar-refractivity contribution in [3.8, 4) is 5.75 Å². The van der Waals surface area contributed by atoms with E-state index in [1.54, 1.807) is 37.8 Å². The summed E-state index contributed by atoms with van der Waals surface area (Å²) in [5.74, 6) is 0.191. The minimum Gasteiger partial charge on any atom is -0.490 e. The maximum Gasteiger partial charge on any atom is 0.410 e. The summed E-state index contributed by atoms with van der Waals surface area (Å²) in [6.45, 7) is 7.04. The fourth-order valence-electron chi connectivity index (χ4n) is 2.60. The lowest BCUT2D eigenvalue weighted by molar-refractivity contribution is -0.385. The van der Waals surface area contributed by atoms with E-state index in [4.69, 9.17) is 9.47 Å². The number of methoxy groups -OCH3 is 1. The van der Waals surface area contributed by atoms with E-state index in [1.807, 2.05) is 0 Å². The normalized spacial score (nSPS) is 18.2. The van der Waals surface area contributed by atoms with Crippen LogP contribution in [0.15, 0.2) is 18.2 Å². The van der Waals surface area contributed by atoms with Gasteiger partial charge in [-0.15, -0.1) is 0 Å². The van der Waals surface area contributed by atoms with Gasteiger partial charge in [-0.25, -0.2) is 4.79 Å². The van der Waals surface area contributed by atoms with Crippen molar-refractivity contribution in [2.45, 2.75) is 32.4 Å². The summed E-state index contributed by atoms with van der Waals surface area (Å²) in [6, 6.07) is 4.41. The Bertz CT molecular complexity index is 627. The zero-order valence-corrected chi connectivity index (χ0v) is 14.4. The topological polar surface area (TPSA) is 93.9 Å². The standard InChI is InChI=1S/C16H23N3O5/c1-16(2,3)24-15(20)18-8-7-17-10-13(18)11-5-6-14(23-4)12(9-11)19(21)22/h5-6,9,13,17H,7-8,10H2,1-4H3. The molecule has 24 heavy (non-hydrogen) atoms. The van der Waals surface area contributed by atoms with Gasteiger partial charge in [0.1, 0.15) is 5.60 Å². The third-order valence-corrected chi connectivity index (χ3v) is 3.66. The first kappa shape index (κ1) is 18.0. The van der Waals surface area contributed by atoms with Crippen molar-refractivity contribution in [2.24, 2.45) is 0 Å². The number of nitrogens with one attached hydrogen (secondary N) is 1. The lowest BCUT2D eigenvalue weighted by Crippen LogP contribution is -2.50. The first-order valence-corrected chi connectivity index (χ1v) is 7.75. The second-order valence-corrected chi connectivity index (χ2v) is 6.58. The number of piperazine rings is 1. The molecule has 0 aliphatic carbocycles. The molecule has 1 atom stereocenters. The molecule has 132 valence electrons. The monoisotopic (exact) mass is 337 g/mol. The summed E-state index contributed by atoms with van der Waals surface area (Å²) >= 11 is 0. The first-order chi connectivity index (χ1) is 11.2. The molecular formula is C16H23N3O5. The van der Waals surface area contributed by atoms with Crippen molar-refractivity contribution in [3.05, 3.63) is 33.9 Å². The molecule has 1 aromatic carbocycles. The van der Waals surface area contributed by atoms with Gasteiger partial charge < -0.3 is 14.8 Å².